The molecule has 0 aromatic rings. The smallest absolute Gasteiger partial charge is 0.410 e. The average molecular weight is 269 g/mol. The van der Waals surface area contributed by atoms with Crippen molar-refractivity contribution in [3.05, 3.63) is 0 Å². The monoisotopic (exact) mass is 269 g/mol. The Morgan fingerprint density at radius 3 is 2.63 bits per heavy atom. The van der Waals surface area contributed by atoms with Crippen LogP contribution in [0.5, 0.6) is 0 Å². The molecule has 1 saturated carbocycles. The zero-order valence-corrected chi connectivity index (χ0v) is 12.4. The fraction of sp³-hybridized carbons (Fsp3) is 0.933. The normalized spacial score (nSPS) is 31.8. The maximum Gasteiger partial charge on any atom is 0.410 e. The van der Waals surface area contributed by atoms with Gasteiger partial charge >= 0.3 is 6.09 Å². The number of fused-ring (bicyclic) bond motifs is 1. The van der Waals surface area contributed by atoms with E-state index in [1.807, 2.05) is 25.7 Å². The van der Waals surface area contributed by atoms with Crippen molar-refractivity contribution in [2.75, 3.05) is 13.2 Å². The van der Waals surface area contributed by atoms with E-state index >= 15 is 0 Å². The van der Waals surface area contributed by atoms with Crippen molar-refractivity contribution in [3.63, 3.8) is 0 Å². The Balaban J connectivity index is 2.14. The van der Waals surface area contributed by atoms with Crippen LogP contribution in [-0.2, 0) is 4.74 Å². The molecule has 4 heteroatoms. The lowest BCUT2D eigenvalue weighted by Crippen LogP contribution is -2.58. The summed E-state index contributed by atoms with van der Waals surface area (Å²) in [5.41, 5.74) is -0.529. The van der Waals surface area contributed by atoms with E-state index in [1.165, 1.54) is 6.42 Å². The Kier molecular flexibility index (Phi) is 4.09. The zero-order chi connectivity index (χ0) is 14.1. The van der Waals surface area contributed by atoms with Gasteiger partial charge in [0.25, 0.3) is 0 Å². The molecule has 1 amide bonds. The number of hydrogen-bond acceptors (Lipinski definition) is 3. The fourth-order valence-electron chi connectivity index (χ4n) is 3.63. The molecule has 19 heavy (non-hydrogen) atoms. The standard InChI is InChI=1S/C15H27NO3/c1-14(2,3)19-13(18)16-10-6-9-15(11-17)8-5-4-7-12(15)16/h12,17H,4-11H2,1-3H3. The minimum Gasteiger partial charge on any atom is -0.444 e. The third-order valence-corrected chi connectivity index (χ3v) is 4.50. The molecule has 1 aliphatic carbocycles. The summed E-state index contributed by atoms with van der Waals surface area (Å²) >= 11 is 0. The molecule has 110 valence electrons. The minimum atomic E-state index is -0.453. The van der Waals surface area contributed by atoms with Crippen LogP contribution in [0, 0.1) is 5.41 Å². The minimum absolute atomic E-state index is 0.0760. The van der Waals surface area contributed by atoms with Crippen LogP contribution in [0.2, 0.25) is 0 Å². The Hall–Kier alpha value is -0.770. The quantitative estimate of drug-likeness (QED) is 0.796. The lowest BCUT2D eigenvalue weighted by molar-refractivity contribution is -0.0618. The molecule has 2 unspecified atom stereocenters. The van der Waals surface area contributed by atoms with Crippen LogP contribution in [0.4, 0.5) is 4.79 Å². The Labute approximate surface area is 116 Å². The van der Waals surface area contributed by atoms with E-state index in [2.05, 4.69) is 0 Å². The van der Waals surface area contributed by atoms with Crippen LogP contribution in [0.3, 0.4) is 0 Å². The highest BCUT2D eigenvalue weighted by Crippen LogP contribution is 2.45. The second-order valence-electron chi connectivity index (χ2n) is 7.06. The van der Waals surface area contributed by atoms with E-state index in [4.69, 9.17) is 4.74 Å². The first-order chi connectivity index (χ1) is 8.88. The predicted octanol–water partition coefficient (Wildman–Crippen LogP) is 2.94. The van der Waals surface area contributed by atoms with Crippen molar-refractivity contribution in [2.45, 2.75) is 70.9 Å². The molecule has 4 nitrogen and oxygen atoms in total. The highest BCUT2D eigenvalue weighted by atomic mass is 16.6. The summed E-state index contributed by atoms with van der Waals surface area (Å²) in [6, 6.07) is 0.162. The second-order valence-corrected chi connectivity index (χ2v) is 7.06. The number of likely N-dealkylation sites (tertiary alicyclic amines) is 1. The summed E-state index contributed by atoms with van der Waals surface area (Å²) in [5, 5.41) is 9.83. The number of carbonyl (C=O) groups excluding carboxylic acids is 1. The van der Waals surface area contributed by atoms with E-state index in [-0.39, 0.29) is 24.2 Å². The van der Waals surface area contributed by atoms with E-state index in [1.54, 1.807) is 0 Å². The number of ether oxygens (including phenoxy) is 1. The SMILES string of the molecule is CC(C)(C)OC(=O)N1CCCC2(CO)CCCCC12. The molecule has 1 aliphatic heterocycles. The highest BCUT2D eigenvalue weighted by molar-refractivity contribution is 5.69. The van der Waals surface area contributed by atoms with Gasteiger partial charge in [-0.1, -0.05) is 12.8 Å². The molecule has 0 bridgehead atoms. The van der Waals surface area contributed by atoms with Gasteiger partial charge in [0.2, 0.25) is 0 Å². The number of aliphatic hydroxyl groups excluding tert-OH is 1. The largest absolute Gasteiger partial charge is 0.444 e. The Morgan fingerprint density at radius 1 is 1.32 bits per heavy atom. The van der Waals surface area contributed by atoms with Crippen molar-refractivity contribution < 1.29 is 14.6 Å². The van der Waals surface area contributed by atoms with Gasteiger partial charge in [-0.15, -0.1) is 0 Å². The first-order valence-corrected chi connectivity index (χ1v) is 7.48. The van der Waals surface area contributed by atoms with Gasteiger partial charge in [-0.2, -0.15) is 0 Å². The molecule has 1 saturated heterocycles. The lowest BCUT2D eigenvalue weighted by Gasteiger charge is -2.51. The third kappa shape index (κ3) is 3.04. The summed E-state index contributed by atoms with van der Waals surface area (Å²) in [7, 11) is 0. The number of hydrogen-bond donors (Lipinski definition) is 1. The fourth-order valence-corrected chi connectivity index (χ4v) is 3.63. The van der Waals surface area contributed by atoms with Gasteiger partial charge in [-0.3, -0.25) is 0 Å². The molecule has 2 rings (SSSR count). The predicted molar refractivity (Wildman–Crippen MR) is 73.9 cm³/mol. The van der Waals surface area contributed by atoms with Crippen molar-refractivity contribution >= 4 is 6.09 Å². The summed E-state index contributed by atoms with van der Waals surface area (Å²) in [6.07, 6.45) is 6.14. The molecule has 1 heterocycles. The van der Waals surface area contributed by atoms with Crippen LogP contribution in [0.25, 0.3) is 0 Å². The van der Waals surface area contributed by atoms with Crippen LogP contribution in [0.15, 0.2) is 0 Å². The van der Waals surface area contributed by atoms with E-state index < -0.39 is 5.60 Å². The number of nitrogens with zero attached hydrogens (tertiary/aromatic N) is 1. The zero-order valence-electron chi connectivity index (χ0n) is 12.4. The molecule has 2 atom stereocenters. The molecule has 0 aromatic heterocycles. The van der Waals surface area contributed by atoms with Crippen molar-refractivity contribution in [2.24, 2.45) is 5.41 Å². The summed E-state index contributed by atoms with van der Waals surface area (Å²) in [5.74, 6) is 0. The summed E-state index contributed by atoms with van der Waals surface area (Å²) in [4.78, 5) is 14.2. The van der Waals surface area contributed by atoms with E-state index in [0.717, 1.165) is 38.6 Å². The maximum absolute atomic E-state index is 12.3. The summed E-state index contributed by atoms with van der Waals surface area (Å²) < 4.78 is 5.52. The molecule has 2 aliphatic rings. The first kappa shape index (κ1) is 14.6. The Bertz CT molecular complexity index is 333. The number of carbonyl (C=O) groups is 1. The van der Waals surface area contributed by atoms with Crippen molar-refractivity contribution in [3.8, 4) is 0 Å². The maximum atomic E-state index is 12.3. The number of piperidine rings is 1. The molecule has 2 fully saturated rings. The molecular formula is C15H27NO3. The topological polar surface area (TPSA) is 49.8 Å². The molecule has 0 spiro atoms. The molecule has 0 radical (unpaired) electrons. The third-order valence-electron chi connectivity index (χ3n) is 4.50. The van der Waals surface area contributed by atoms with Crippen molar-refractivity contribution in [1.82, 2.24) is 4.90 Å². The van der Waals surface area contributed by atoms with Gasteiger partial charge in [0.05, 0.1) is 6.61 Å². The summed E-state index contributed by atoms with van der Waals surface area (Å²) in [6.45, 7) is 6.65. The average Bonchev–Trinajstić information content (AvgIpc) is 2.35. The number of aliphatic hydroxyl groups is 1. The Morgan fingerprint density at radius 2 is 2.00 bits per heavy atom. The first-order valence-electron chi connectivity index (χ1n) is 7.48. The highest BCUT2D eigenvalue weighted by Gasteiger charge is 2.47. The van der Waals surface area contributed by atoms with Gasteiger partial charge in [0.15, 0.2) is 0 Å². The van der Waals surface area contributed by atoms with Gasteiger partial charge in [0.1, 0.15) is 5.60 Å². The molecular weight excluding hydrogens is 242 g/mol. The molecule has 1 N–H and O–H groups in total. The van der Waals surface area contributed by atoms with Crippen LogP contribution in [0.1, 0.15) is 59.3 Å². The van der Waals surface area contributed by atoms with Gasteiger partial charge in [-0.25, -0.2) is 4.79 Å². The number of amides is 1. The van der Waals surface area contributed by atoms with Gasteiger partial charge in [-0.05, 0) is 46.5 Å². The van der Waals surface area contributed by atoms with Gasteiger partial charge in [0, 0.05) is 18.0 Å². The second kappa shape index (κ2) is 5.31. The number of rotatable bonds is 1. The van der Waals surface area contributed by atoms with Crippen molar-refractivity contribution in [1.29, 1.82) is 0 Å². The van der Waals surface area contributed by atoms with Gasteiger partial charge < -0.3 is 14.7 Å². The molecule has 0 aromatic carbocycles. The van der Waals surface area contributed by atoms with Crippen LogP contribution >= 0.6 is 0 Å². The van der Waals surface area contributed by atoms with E-state index in [0.29, 0.717) is 0 Å². The van der Waals surface area contributed by atoms with Crippen LogP contribution < -0.4 is 0 Å². The lowest BCUT2D eigenvalue weighted by atomic mass is 9.65. The van der Waals surface area contributed by atoms with Crippen LogP contribution in [-0.4, -0.2) is 40.9 Å². The van der Waals surface area contributed by atoms with E-state index in [9.17, 15) is 9.90 Å².